The summed E-state index contributed by atoms with van der Waals surface area (Å²) in [4.78, 5) is 2.43. The van der Waals surface area contributed by atoms with Crippen molar-refractivity contribution in [2.45, 2.75) is 45.7 Å². The van der Waals surface area contributed by atoms with Crippen LogP contribution in [0.15, 0.2) is 18.2 Å². The van der Waals surface area contributed by atoms with Crippen LogP contribution in [0.25, 0.3) is 0 Å². The number of anilines is 1. The van der Waals surface area contributed by atoms with Crippen LogP contribution in [-0.4, -0.2) is 25.2 Å². The van der Waals surface area contributed by atoms with Crippen molar-refractivity contribution >= 4 is 5.69 Å². The first-order valence-electron chi connectivity index (χ1n) is 7.12. The van der Waals surface area contributed by atoms with Crippen LogP contribution in [0.3, 0.4) is 0 Å². The lowest BCUT2D eigenvalue weighted by molar-refractivity contribution is 0.553. The predicted molar refractivity (Wildman–Crippen MR) is 79.4 cm³/mol. The topological polar surface area (TPSA) is 39.1 Å². The minimum Gasteiger partial charge on any atom is -0.368 e. The molecule has 102 valence electrons. The number of nitrogens with zero attached hydrogens (tertiary/aromatic N) is 2. The zero-order chi connectivity index (χ0) is 13.8. The Morgan fingerprint density at radius 3 is 2.79 bits per heavy atom. The average molecular weight is 257 g/mol. The summed E-state index contributed by atoms with van der Waals surface area (Å²) < 4.78 is 0. The number of rotatable bonds is 4. The Morgan fingerprint density at radius 1 is 1.47 bits per heavy atom. The average Bonchev–Trinajstić information content (AvgIpc) is 2.88. The van der Waals surface area contributed by atoms with Crippen LogP contribution in [0, 0.1) is 18.3 Å². The third-order valence-electron chi connectivity index (χ3n) is 3.86. The highest BCUT2D eigenvalue weighted by Gasteiger charge is 2.20. The van der Waals surface area contributed by atoms with Crippen molar-refractivity contribution in [3.05, 3.63) is 29.3 Å². The number of benzene rings is 1. The zero-order valence-electron chi connectivity index (χ0n) is 12.1. The minimum atomic E-state index is 0.467. The van der Waals surface area contributed by atoms with Gasteiger partial charge in [0.05, 0.1) is 11.6 Å². The SMILES string of the molecule is Cc1cc(N(CC2CCCN2)C(C)C)ccc1C#N. The van der Waals surface area contributed by atoms with Crippen molar-refractivity contribution < 1.29 is 0 Å². The highest BCUT2D eigenvalue weighted by molar-refractivity contribution is 5.54. The van der Waals surface area contributed by atoms with Gasteiger partial charge in [0.1, 0.15) is 0 Å². The molecule has 1 N–H and O–H groups in total. The first kappa shape index (κ1) is 13.9. The van der Waals surface area contributed by atoms with Crippen LogP contribution in [-0.2, 0) is 0 Å². The molecule has 0 radical (unpaired) electrons. The quantitative estimate of drug-likeness (QED) is 0.901. The number of nitrogens with one attached hydrogen (secondary N) is 1. The molecular formula is C16H23N3. The molecule has 1 aromatic rings. The number of hydrogen-bond donors (Lipinski definition) is 1. The summed E-state index contributed by atoms with van der Waals surface area (Å²) in [6.45, 7) is 8.64. The van der Waals surface area contributed by atoms with E-state index in [0.717, 1.165) is 24.2 Å². The molecule has 0 spiro atoms. The van der Waals surface area contributed by atoms with Gasteiger partial charge in [-0.3, -0.25) is 0 Å². The molecule has 1 heterocycles. The van der Waals surface area contributed by atoms with Crippen LogP contribution in [0.2, 0.25) is 0 Å². The third kappa shape index (κ3) is 3.27. The Labute approximate surface area is 116 Å². The van der Waals surface area contributed by atoms with Gasteiger partial charge in [0.25, 0.3) is 0 Å². The van der Waals surface area contributed by atoms with Gasteiger partial charge in [0, 0.05) is 24.3 Å². The lowest BCUT2D eigenvalue weighted by atomic mass is 10.1. The molecular weight excluding hydrogens is 234 g/mol. The Balaban J connectivity index is 2.18. The van der Waals surface area contributed by atoms with Gasteiger partial charge < -0.3 is 10.2 Å². The van der Waals surface area contributed by atoms with E-state index >= 15 is 0 Å². The molecule has 1 aromatic carbocycles. The van der Waals surface area contributed by atoms with Gasteiger partial charge >= 0.3 is 0 Å². The van der Waals surface area contributed by atoms with E-state index < -0.39 is 0 Å². The zero-order valence-corrected chi connectivity index (χ0v) is 12.1. The van der Waals surface area contributed by atoms with Gasteiger partial charge in [-0.05, 0) is 63.9 Å². The molecule has 19 heavy (non-hydrogen) atoms. The molecule has 1 unspecified atom stereocenters. The smallest absolute Gasteiger partial charge is 0.0994 e. The van der Waals surface area contributed by atoms with Gasteiger partial charge in [-0.15, -0.1) is 0 Å². The number of hydrogen-bond acceptors (Lipinski definition) is 3. The van der Waals surface area contributed by atoms with E-state index in [4.69, 9.17) is 5.26 Å². The summed E-state index contributed by atoms with van der Waals surface area (Å²) in [5, 5.41) is 12.6. The summed E-state index contributed by atoms with van der Waals surface area (Å²) in [7, 11) is 0. The van der Waals surface area contributed by atoms with E-state index in [-0.39, 0.29) is 0 Å². The van der Waals surface area contributed by atoms with Crippen molar-refractivity contribution in [3.8, 4) is 6.07 Å². The second kappa shape index (κ2) is 6.08. The highest BCUT2D eigenvalue weighted by Crippen LogP contribution is 2.22. The normalized spacial score (nSPS) is 18.6. The van der Waals surface area contributed by atoms with E-state index in [0.29, 0.717) is 12.1 Å². The van der Waals surface area contributed by atoms with Gasteiger partial charge in [0.2, 0.25) is 0 Å². The molecule has 0 aromatic heterocycles. The Hall–Kier alpha value is -1.53. The molecule has 3 heteroatoms. The minimum absolute atomic E-state index is 0.467. The first-order chi connectivity index (χ1) is 9.11. The first-order valence-corrected chi connectivity index (χ1v) is 7.12. The number of nitriles is 1. The Bertz CT molecular complexity index is 467. The molecule has 2 rings (SSSR count). The Morgan fingerprint density at radius 2 is 2.26 bits per heavy atom. The van der Waals surface area contributed by atoms with E-state index in [2.05, 4.69) is 42.3 Å². The molecule has 1 fully saturated rings. The summed E-state index contributed by atoms with van der Waals surface area (Å²) >= 11 is 0. The number of aryl methyl sites for hydroxylation is 1. The van der Waals surface area contributed by atoms with Gasteiger partial charge in [-0.1, -0.05) is 0 Å². The van der Waals surface area contributed by atoms with Crippen molar-refractivity contribution in [1.29, 1.82) is 5.26 Å². The van der Waals surface area contributed by atoms with Crippen LogP contribution >= 0.6 is 0 Å². The van der Waals surface area contributed by atoms with Crippen molar-refractivity contribution in [2.75, 3.05) is 18.0 Å². The molecule has 1 aliphatic heterocycles. The summed E-state index contributed by atoms with van der Waals surface area (Å²) in [5.41, 5.74) is 3.05. The molecule has 3 nitrogen and oxygen atoms in total. The van der Waals surface area contributed by atoms with Crippen LogP contribution in [0.4, 0.5) is 5.69 Å². The molecule has 1 atom stereocenters. The fourth-order valence-corrected chi connectivity index (χ4v) is 2.72. The van der Waals surface area contributed by atoms with E-state index in [1.807, 2.05) is 13.0 Å². The van der Waals surface area contributed by atoms with Gasteiger partial charge in [-0.2, -0.15) is 5.26 Å². The third-order valence-corrected chi connectivity index (χ3v) is 3.86. The molecule has 1 saturated heterocycles. The summed E-state index contributed by atoms with van der Waals surface area (Å²) in [6, 6.07) is 9.43. The van der Waals surface area contributed by atoms with Crippen molar-refractivity contribution in [2.24, 2.45) is 0 Å². The standard InChI is InChI=1S/C16H23N3/c1-12(2)19(11-15-5-4-8-18-15)16-7-6-14(10-17)13(3)9-16/h6-7,9,12,15,18H,4-5,8,11H2,1-3H3. The lowest BCUT2D eigenvalue weighted by Crippen LogP contribution is -2.41. The molecule has 0 aliphatic carbocycles. The molecule has 0 amide bonds. The van der Waals surface area contributed by atoms with Crippen LogP contribution in [0.1, 0.15) is 37.8 Å². The second-order valence-corrected chi connectivity index (χ2v) is 5.65. The van der Waals surface area contributed by atoms with Crippen molar-refractivity contribution in [1.82, 2.24) is 5.32 Å². The van der Waals surface area contributed by atoms with E-state index in [1.165, 1.54) is 18.5 Å². The van der Waals surface area contributed by atoms with E-state index in [9.17, 15) is 0 Å². The molecule has 0 bridgehead atoms. The monoisotopic (exact) mass is 257 g/mol. The maximum Gasteiger partial charge on any atom is 0.0994 e. The lowest BCUT2D eigenvalue weighted by Gasteiger charge is -2.32. The molecule has 1 aliphatic rings. The predicted octanol–water partition coefficient (Wildman–Crippen LogP) is 2.83. The van der Waals surface area contributed by atoms with E-state index in [1.54, 1.807) is 0 Å². The largest absolute Gasteiger partial charge is 0.368 e. The second-order valence-electron chi connectivity index (χ2n) is 5.65. The van der Waals surface area contributed by atoms with Gasteiger partial charge in [-0.25, -0.2) is 0 Å². The van der Waals surface area contributed by atoms with Crippen LogP contribution < -0.4 is 10.2 Å². The Kier molecular flexibility index (Phi) is 4.44. The summed E-state index contributed by atoms with van der Waals surface area (Å²) in [6.07, 6.45) is 2.54. The van der Waals surface area contributed by atoms with Crippen molar-refractivity contribution in [3.63, 3.8) is 0 Å². The van der Waals surface area contributed by atoms with Crippen LogP contribution in [0.5, 0.6) is 0 Å². The summed E-state index contributed by atoms with van der Waals surface area (Å²) in [5.74, 6) is 0. The fraction of sp³-hybridized carbons (Fsp3) is 0.562. The fourth-order valence-electron chi connectivity index (χ4n) is 2.72. The highest BCUT2D eigenvalue weighted by atomic mass is 15.2. The van der Waals surface area contributed by atoms with Gasteiger partial charge in [0.15, 0.2) is 0 Å². The maximum absolute atomic E-state index is 9.01. The maximum atomic E-state index is 9.01. The molecule has 0 saturated carbocycles.